The first-order valence-corrected chi connectivity index (χ1v) is 8.15. The highest BCUT2D eigenvalue weighted by Crippen LogP contribution is 2.25. The van der Waals surface area contributed by atoms with E-state index in [-0.39, 0.29) is 12.4 Å². The van der Waals surface area contributed by atoms with Gasteiger partial charge in [0, 0.05) is 28.3 Å². The number of hydrazone groups is 1. The standard InChI is InChI=1S/C17H16N4O2S/c1-11-16(23)14(13(9-22)7-18-11)8-19-21-17-20-15(10-24-17)12-5-3-2-4-6-12/h2-8,10,22-23H,9H2,1H3,(H,20,21)/b19-8+. The number of nitrogens with zero attached hydrogens (tertiary/aromatic N) is 3. The molecule has 3 N–H and O–H groups in total. The SMILES string of the molecule is Cc1ncc(CO)c(/C=N/Nc2nc(-c3ccccc3)cs2)c1O. The number of hydrogen-bond donors (Lipinski definition) is 3. The summed E-state index contributed by atoms with van der Waals surface area (Å²) in [6.07, 6.45) is 2.98. The Morgan fingerprint density at radius 1 is 1.29 bits per heavy atom. The topological polar surface area (TPSA) is 90.6 Å². The number of aryl methyl sites for hydroxylation is 1. The second-order valence-electron chi connectivity index (χ2n) is 5.06. The monoisotopic (exact) mass is 340 g/mol. The van der Waals surface area contributed by atoms with E-state index in [0.717, 1.165) is 11.3 Å². The van der Waals surface area contributed by atoms with Crippen molar-refractivity contribution in [1.82, 2.24) is 9.97 Å². The number of aliphatic hydroxyl groups is 1. The predicted molar refractivity (Wildman–Crippen MR) is 95.3 cm³/mol. The molecular formula is C17H16N4O2S. The molecule has 122 valence electrons. The molecule has 0 aliphatic heterocycles. The number of benzene rings is 1. The molecule has 24 heavy (non-hydrogen) atoms. The van der Waals surface area contributed by atoms with Crippen LogP contribution in [0.4, 0.5) is 5.13 Å². The zero-order valence-electron chi connectivity index (χ0n) is 13.0. The van der Waals surface area contributed by atoms with E-state index >= 15 is 0 Å². The summed E-state index contributed by atoms with van der Waals surface area (Å²) in [5, 5.41) is 26.1. The lowest BCUT2D eigenvalue weighted by atomic mass is 10.1. The van der Waals surface area contributed by atoms with Crippen LogP contribution in [-0.2, 0) is 6.61 Å². The summed E-state index contributed by atoms with van der Waals surface area (Å²) in [7, 11) is 0. The normalized spacial score (nSPS) is 11.1. The van der Waals surface area contributed by atoms with E-state index in [9.17, 15) is 10.2 Å². The molecule has 0 saturated heterocycles. The van der Waals surface area contributed by atoms with Gasteiger partial charge in [-0.15, -0.1) is 11.3 Å². The van der Waals surface area contributed by atoms with Gasteiger partial charge in [0.05, 0.1) is 24.2 Å². The van der Waals surface area contributed by atoms with Crippen LogP contribution < -0.4 is 5.43 Å². The second kappa shape index (κ2) is 7.20. The highest BCUT2D eigenvalue weighted by atomic mass is 32.1. The summed E-state index contributed by atoms with van der Waals surface area (Å²) in [6.45, 7) is 1.46. The molecule has 1 aromatic carbocycles. The van der Waals surface area contributed by atoms with Crippen LogP contribution in [0.25, 0.3) is 11.3 Å². The number of rotatable bonds is 5. The van der Waals surface area contributed by atoms with Crippen LogP contribution in [0.15, 0.2) is 47.0 Å². The fraction of sp³-hybridized carbons (Fsp3) is 0.118. The van der Waals surface area contributed by atoms with Gasteiger partial charge >= 0.3 is 0 Å². The van der Waals surface area contributed by atoms with Gasteiger partial charge in [0.25, 0.3) is 0 Å². The number of nitrogens with one attached hydrogen (secondary N) is 1. The molecule has 0 saturated carbocycles. The summed E-state index contributed by atoms with van der Waals surface area (Å²) in [5.41, 5.74) is 6.18. The number of aromatic hydroxyl groups is 1. The van der Waals surface area contributed by atoms with Crippen molar-refractivity contribution >= 4 is 22.7 Å². The van der Waals surface area contributed by atoms with Crippen LogP contribution in [0.3, 0.4) is 0 Å². The second-order valence-corrected chi connectivity index (χ2v) is 5.92. The first kappa shape index (κ1) is 16.1. The van der Waals surface area contributed by atoms with Gasteiger partial charge in [0.2, 0.25) is 5.13 Å². The molecule has 0 unspecified atom stereocenters. The minimum absolute atomic E-state index is 0.0104. The molecule has 0 spiro atoms. The van der Waals surface area contributed by atoms with E-state index < -0.39 is 0 Å². The first-order chi connectivity index (χ1) is 11.7. The third kappa shape index (κ3) is 3.42. The Morgan fingerprint density at radius 3 is 2.83 bits per heavy atom. The molecule has 2 heterocycles. The maximum Gasteiger partial charge on any atom is 0.203 e. The lowest BCUT2D eigenvalue weighted by molar-refractivity contribution is 0.280. The van der Waals surface area contributed by atoms with Gasteiger partial charge in [-0.05, 0) is 6.92 Å². The van der Waals surface area contributed by atoms with Crippen LogP contribution >= 0.6 is 11.3 Å². The summed E-state index contributed by atoms with van der Waals surface area (Å²) in [5.74, 6) is 0.0104. The minimum atomic E-state index is -0.225. The average Bonchev–Trinajstić information content (AvgIpc) is 3.08. The number of pyridine rings is 1. The van der Waals surface area contributed by atoms with Gasteiger partial charge < -0.3 is 10.2 Å². The van der Waals surface area contributed by atoms with E-state index in [2.05, 4.69) is 20.5 Å². The Hall–Kier alpha value is -2.77. The maximum absolute atomic E-state index is 10.1. The minimum Gasteiger partial charge on any atom is -0.505 e. The van der Waals surface area contributed by atoms with Crippen molar-refractivity contribution in [2.24, 2.45) is 5.10 Å². The summed E-state index contributed by atoms with van der Waals surface area (Å²) in [6, 6.07) is 9.87. The van der Waals surface area contributed by atoms with Gasteiger partial charge in [0.15, 0.2) is 0 Å². The highest BCUT2D eigenvalue weighted by Gasteiger charge is 2.09. The zero-order chi connectivity index (χ0) is 16.9. The first-order valence-electron chi connectivity index (χ1n) is 7.27. The Kier molecular flexibility index (Phi) is 4.83. The smallest absolute Gasteiger partial charge is 0.203 e. The Bertz CT molecular complexity index is 862. The number of thiazole rings is 1. The zero-order valence-corrected chi connectivity index (χ0v) is 13.8. The van der Waals surface area contributed by atoms with Crippen molar-refractivity contribution in [3.8, 4) is 17.0 Å². The molecular weight excluding hydrogens is 324 g/mol. The number of anilines is 1. The van der Waals surface area contributed by atoms with Crippen molar-refractivity contribution in [2.75, 3.05) is 5.43 Å². The fourth-order valence-corrected chi connectivity index (χ4v) is 2.81. The Morgan fingerprint density at radius 2 is 2.08 bits per heavy atom. The van der Waals surface area contributed by atoms with Crippen LogP contribution in [0.2, 0.25) is 0 Å². The molecule has 7 heteroatoms. The molecule has 3 rings (SSSR count). The molecule has 0 atom stereocenters. The third-order valence-corrected chi connectivity index (χ3v) is 4.20. The third-order valence-electron chi connectivity index (χ3n) is 3.46. The predicted octanol–water partition coefficient (Wildman–Crippen LogP) is 3.16. The maximum atomic E-state index is 10.1. The molecule has 0 bridgehead atoms. The lowest BCUT2D eigenvalue weighted by Crippen LogP contribution is -1.99. The number of hydrogen-bond acceptors (Lipinski definition) is 7. The summed E-state index contributed by atoms with van der Waals surface area (Å²) < 4.78 is 0. The van der Waals surface area contributed by atoms with Crippen molar-refractivity contribution in [1.29, 1.82) is 0 Å². The summed E-state index contributed by atoms with van der Waals surface area (Å²) in [4.78, 5) is 8.47. The van der Waals surface area contributed by atoms with Crippen LogP contribution in [-0.4, -0.2) is 26.4 Å². The Balaban J connectivity index is 1.76. The molecule has 0 amide bonds. The molecule has 2 aromatic heterocycles. The van der Waals surface area contributed by atoms with Crippen LogP contribution in [0, 0.1) is 6.92 Å². The van der Waals surface area contributed by atoms with Gasteiger partial charge in [0.1, 0.15) is 5.75 Å². The van der Waals surface area contributed by atoms with E-state index in [0.29, 0.717) is 22.0 Å². The van der Waals surface area contributed by atoms with Crippen LogP contribution in [0.1, 0.15) is 16.8 Å². The van der Waals surface area contributed by atoms with Crippen molar-refractivity contribution in [3.63, 3.8) is 0 Å². The fourth-order valence-electron chi connectivity index (χ4n) is 2.14. The number of aliphatic hydroxyl groups excluding tert-OH is 1. The molecule has 0 aliphatic rings. The van der Waals surface area contributed by atoms with E-state index in [1.54, 1.807) is 6.92 Å². The number of aromatic nitrogens is 2. The van der Waals surface area contributed by atoms with E-state index in [4.69, 9.17) is 0 Å². The van der Waals surface area contributed by atoms with Gasteiger partial charge in [-0.1, -0.05) is 30.3 Å². The van der Waals surface area contributed by atoms with E-state index in [1.165, 1.54) is 23.7 Å². The van der Waals surface area contributed by atoms with Crippen LogP contribution in [0.5, 0.6) is 5.75 Å². The lowest BCUT2D eigenvalue weighted by Gasteiger charge is -2.06. The Labute approximate surface area is 143 Å². The molecule has 0 aliphatic carbocycles. The average molecular weight is 340 g/mol. The van der Waals surface area contributed by atoms with Gasteiger partial charge in [-0.2, -0.15) is 5.10 Å². The molecule has 3 aromatic rings. The highest BCUT2D eigenvalue weighted by molar-refractivity contribution is 7.14. The molecule has 0 fully saturated rings. The summed E-state index contributed by atoms with van der Waals surface area (Å²) >= 11 is 1.44. The van der Waals surface area contributed by atoms with E-state index in [1.807, 2.05) is 35.7 Å². The molecule has 0 radical (unpaired) electrons. The van der Waals surface area contributed by atoms with Gasteiger partial charge in [-0.25, -0.2) is 4.98 Å². The molecule has 6 nitrogen and oxygen atoms in total. The van der Waals surface area contributed by atoms with Gasteiger partial charge in [-0.3, -0.25) is 10.4 Å². The van der Waals surface area contributed by atoms with Crippen molar-refractivity contribution < 1.29 is 10.2 Å². The van der Waals surface area contributed by atoms with Crippen molar-refractivity contribution in [2.45, 2.75) is 13.5 Å². The largest absolute Gasteiger partial charge is 0.505 e. The van der Waals surface area contributed by atoms with Crippen molar-refractivity contribution in [3.05, 3.63) is 58.7 Å². The quantitative estimate of drug-likeness (QED) is 0.490.